The van der Waals surface area contributed by atoms with Gasteiger partial charge in [0.1, 0.15) is 23.1 Å². The number of anilines is 3. The standard InChI is InChI=1S/C19H20F2N6O2/c20-18(21)29-14-3-1-2-12(8-14)25-17-16-15(23-10-24-17)9-22-19(27-16)26-11-4-6-13(28)7-5-11/h1-3,8-11,13,18,28H,4-7H2,(H,22,26,27)(H,23,24,25)/t11-,13-. The Labute approximate surface area is 165 Å². The van der Waals surface area contributed by atoms with Crippen molar-refractivity contribution in [2.24, 2.45) is 0 Å². The Morgan fingerprint density at radius 2 is 1.93 bits per heavy atom. The Morgan fingerprint density at radius 3 is 2.72 bits per heavy atom. The van der Waals surface area contributed by atoms with Crippen molar-refractivity contribution in [1.29, 1.82) is 0 Å². The zero-order chi connectivity index (χ0) is 20.2. The molecule has 3 N–H and O–H groups in total. The number of rotatable bonds is 6. The SMILES string of the molecule is O[C@H]1CC[C@H](Nc2ncc3ncnc(Nc4cccc(OC(F)F)c4)c3n2)CC1. The lowest BCUT2D eigenvalue weighted by Crippen LogP contribution is -2.28. The summed E-state index contributed by atoms with van der Waals surface area (Å²) < 4.78 is 29.3. The third-order valence-corrected chi connectivity index (χ3v) is 4.73. The van der Waals surface area contributed by atoms with Gasteiger partial charge in [-0.05, 0) is 37.8 Å². The molecular formula is C19H20F2N6O2. The van der Waals surface area contributed by atoms with Crippen LogP contribution in [0.4, 0.5) is 26.2 Å². The van der Waals surface area contributed by atoms with Gasteiger partial charge in [0.05, 0.1) is 12.3 Å². The van der Waals surface area contributed by atoms with Crippen molar-refractivity contribution in [1.82, 2.24) is 19.9 Å². The van der Waals surface area contributed by atoms with E-state index in [1.165, 1.54) is 18.5 Å². The minimum atomic E-state index is -2.90. The minimum absolute atomic E-state index is 0.0415. The van der Waals surface area contributed by atoms with Gasteiger partial charge in [-0.3, -0.25) is 0 Å². The fourth-order valence-corrected chi connectivity index (χ4v) is 3.30. The first kappa shape index (κ1) is 19.2. The molecule has 0 bridgehead atoms. The summed E-state index contributed by atoms with van der Waals surface area (Å²) in [6.07, 6.45) is 5.93. The molecular weight excluding hydrogens is 382 g/mol. The van der Waals surface area contributed by atoms with Gasteiger partial charge in [0.15, 0.2) is 5.82 Å². The third kappa shape index (κ3) is 4.83. The van der Waals surface area contributed by atoms with Crippen molar-refractivity contribution in [3.05, 3.63) is 36.8 Å². The lowest BCUT2D eigenvalue weighted by molar-refractivity contribution is -0.0498. The van der Waals surface area contributed by atoms with E-state index in [0.717, 1.165) is 25.7 Å². The van der Waals surface area contributed by atoms with E-state index in [1.54, 1.807) is 18.3 Å². The van der Waals surface area contributed by atoms with Crippen LogP contribution in [-0.4, -0.2) is 43.8 Å². The zero-order valence-corrected chi connectivity index (χ0v) is 15.4. The Hall–Kier alpha value is -3.14. The highest BCUT2D eigenvalue weighted by molar-refractivity contribution is 5.87. The van der Waals surface area contributed by atoms with Crippen LogP contribution in [0, 0.1) is 0 Å². The number of alkyl halides is 2. The molecule has 0 unspecified atom stereocenters. The maximum absolute atomic E-state index is 12.4. The van der Waals surface area contributed by atoms with E-state index in [2.05, 4.69) is 35.3 Å². The largest absolute Gasteiger partial charge is 0.435 e. The Balaban J connectivity index is 1.56. The Bertz CT molecular complexity index is 982. The van der Waals surface area contributed by atoms with E-state index in [-0.39, 0.29) is 17.9 Å². The van der Waals surface area contributed by atoms with Gasteiger partial charge in [-0.25, -0.2) is 19.9 Å². The van der Waals surface area contributed by atoms with E-state index in [0.29, 0.717) is 28.5 Å². The first-order valence-electron chi connectivity index (χ1n) is 9.31. The molecule has 29 heavy (non-hydrogen) atoms. The number of halogens is 2. The van der Waals surface area contributed by atoms with E-state index < -0.39 is 6.61 Å². The summed E-state index contributed by atoms with van der Waals surface area (Å²) in [6, 6.07) is 6.40. The van der Waals surface area contributed by atoms with Crippen LogP contribution >= 0.6 is 0 Å². The van der Waals surface area contributed by atoms with E-state index >= 15 is 0 Å². The topological polar surface area (TPSA) is 105 Å². The second-order valence-corrected chi connectivity index (χ2v) is 6.83. The molecule has 0 radical (unpaired) electrons. The van der Waals surface area contributed by atoms with E-state index in [4.69, 9.17) is 0 Å². The van der Waals surface area contributed by atoms with Crippen LogP contribution in [-0.2, 0) is 0 Å². The van der Waals surface area contributed by atoms with Crippen molar-refractivity contribution in [3.63, 3.8) is 0 Å². The minimum Gasteiger partial charge on any atom is -0.435 e. The summed E-state index contributed by atoms with van der Waals surface area (Å²) in [4.78, 5) is 17.2. The molecule has 1 aliphatic rings. The monoisotopic (exact) mass is 402 g/mol. The smallest absolute Gasteiger partial charge is 0.387 e. The average molecular weight is 402 g/mol. The summed E-state index contributed by atoms with van der Waals surface area (Å²) in [6.45, 7) is -2.90. The van der Waals surface area contributed by atoms with E-state index in [1.807, 2.05) is 0 Å². The normalized spacial score (nSPS) is 19.3. The summed E-state index contributed by atoms with van der Waals surface area (Å²) in [5.74, 6) is 0.917. The first-order valence-corrected chi connectivity index (χ1v) is 9.31. The number of hydrogen-bond acceptors (Lipinski definition) is 8. The van der Waals surface area contributed by atoms with Crippen LogP contribution in [0.2, 0.25) is 0 Å². The first-order chi connectivity index (χ1) is 14.1. The molecule has 10 heteroatoms. The van der Waals surface area contributed by atoms with Gasteiger partial charge in [-0.2, -0.15) is 8.78 Å². The molecule has 1 aliphatic carbocycles. The van der Waals surface area contributed by atoms with Crippen LogP contribution < -0.4 is 15.4 Å². The van der Waals surface area contributed by atoms with Crippen molar-refractivity contribution >= 4 is 28.5 Å². The highest BCUT2D eigenvalue weighted by Crippen LogP contribution is 2.26. The number of nitrogens with zero attached hydrogens (tertiary/aromatic N) is 4. The summed E-state index contributed by atoms with van der Waals surface area (Å²) >= 11 is 0. The molecule has 0 spiro atoms. The molecule has 0 saturated heterocycles. The van der Waals surface area contributed by atoms with Gasteiger partial charge in [0.25, 0.3) is 0 Å². The quantitative estimate of drug-likeness (QED) is 0.576. The highest BCUT2D eigenvalue weighted by atomic mass is 19.3. The van der Waals surface area contributed by atoms with Gasteiger partial charge < -0.3 is 20.5 Å². The molecule has 4 rings (SSSR count). The molecule has 2 aromatic heterocycles. The van der Waals surface area contributed by atoms with Crippen LogP contribution in [0.3, 0.4) is 0 Å². The molecule has 2 heterocycles. The van der Waals surface area contributed by atoms with Crippen molar-refractivity contribution < 1.29 is 18.6 Å². The number of benzene rings is 1. The number of hydrogen-bond donors (Lipinski definition) is 3. The summed E-state index contributed by atoms with van der Waals surface area (Å²) in [5.41, 5.74) is 1.57. The van der Waals surface area contributed by atoms with Gasteiger partial charge in [0.2, 0.25) is 5.95 Å². The van der Waals surface area contributed by atoms with Gasteiger partial charge in [0, 0.05) is 17.8 Å². The predicted octanol–water partition coefficient (Wildman–Crippen LogP) is 3.48. The summed E-state index contributed by atoms with van der Waals surface area (Å²) in [7, 11) is 0. The van der Waals surface area contributed by atoms with Gasteiger partial charge in [-0.1, -0.05) is 6.07 Å². The van der Waals surface area contributed by atoms with Crippen LogP contribution in [0.1, 0.15) is 25.7 Å². The fraction of sp³-hybridized carbons (Fsp3) is 0.368. The predicted molar refractivity (Wildman–Crippen MR) is 103 cm³/mol. The van der Waals surface area contributed by atoms with Crippen molar-refractivity contribution in [3.8, 4) is 5.75 Å². The van der Waals surface area contributed by atoms with Crippen molar-refractivity contribution in [2.75, 3.05) is 10.6 Å². The molecule has 1 aromatic carbocycles. The molecule has 3 aromatic rings. The molecule has 1 saturated carbocycles. The molecule has 1 fully saturated rings. The van der Waals surface area contributed by atoms with Gasteiger partial charge >= 0.3 is 6.61 Å². The summed E-state index contributed by atoms with van der Waals surface area (Å²) in [5, 5.41) is 16.0. The number of aromatic nitrogens is 4. The second kappa shape index (κ2) is 8.48. The highest BCUT2D eigenvalue weighted by Gasteiger charge is 2.20. The van der Waals surface area contributed by atoms with Crippen molar-refractivity contribution in [2.45, 2.75) is 44.4 Å². The van der Waals surface area contributed by atoms with Gasteiger partial charge in [-0.15, -0.1) is 0 Å². The number of aliphatic hydroxyl groups excluding tert-OH is 1. The Kier molecular flexibility index (Phi) is 5.61. The lowest BCUT2D eigenvalue weighted by atomic mass is 9.93. The fourth-order valence-electron chi connectivity index (χ4n) is 3.30. The van der Waals surface area contributed by atoms with Crippen LogP contribution in [0.25, 0.3) is 11.0 Å². The molecule has 0 aliphatic heterocycles. The van der Waals surface area contributed by atoms with Crippen LogP contribution in [0.5, 0.6) is 5.75 Å². The average Bonchev–Trinajstić information content (AvgIpc) is 2.70. The molecule has 152 valence electrons. The maximum Gasteiger partial charge on any atom is 0.387 e. The molecule has 0 atom stereocenters. The third-order valence-electron chi connectivity index (χ3n) is 4.73. The number of fused-ring (bicyclic) bond motifs is 1. The van der Waals surface area contributed by atoms with Crippen LogP contribution in [0.15, 0.2) is 36.8 Å². The molecule has 0 amide bonds. The zero-order valence-electron chi connectivity index (χ0n) is 15.4. The number of nitrogens with one attached hydrogen (secondary N) is 2. The van der Waals surface area contributed by atoms with E-state index in [9.17, 15) is 13.9 Å². The Morgan fingerprint density at radius 1 is 1.10 bits per heavy atom. The maximum atomic E-state index is 12.4. The number of ether oxygens (including phenoxy) is 1. The lowest BCUT2D eigenvalue weighted by Gasteiger charge is -2.26. The molecule has 8 nitrogen and oxygen atoms in total. The number of aliphatic hydroxyl groups is 1. The second-order valence-electron chi connectivity index (χ2n) is 6.83.